The number of aromatic amines is 1. The van der Waals surface area contributed by atoms with Gasteiger partial charge in [-0.3, -0.25) is 0 Å². The lowest BCUT2D eigenvalue weighted by molar-refractivity contribution is 0.962. The molecule has 0 spiro atoms. The summed E-state index contributed by atoms with van der Waals surface area (Å²) in [7, 11) is 0. The number of hydrogen-bond donors (Lipinski definition) is 2. The van der Waals surface area contributed by atoms with E-state index in [9.17, 15) is 0 Å². The topological polar surface area (TPSA) is 41.8 Å². The average molecular weight is 200 g/mol. The average Bonchev–Trinajstić information content (AvgIpc) is 2.71. The summed E-state index contributed by atoms with van der Waals surface area (Å²) in [4.78, 5) is 3.21. The number of benzene rings is 1. The van der Waals surface area contributed by atoms with Gasteiger partial charge in [-0.25, -0.2) is 0 Å². The predicted octanol–water partition coefficient (Wildman–Crippen LogP) is 2.11. The van der Waals surface area contributed by atoms with Gasteiger partial charge in [0.15, 0.2) is 0 Å². The van der Waals surface area contributed by atoms with Crippen LogP contribution in [0.15, 0.2) is 42.6 Å². The highest BCUT2D eigenvalue weighted by atomic mass is 14.7. The number of nitrogens with one attached hydrogen (secondary N) is 1. The zero-order valence-corrected chi connectivity index (χ0v) is 8.74. The van der Waals surface area contributed by atoms with E-state index in [1.54, 1.807) is 0 Å². The fourth-order valence-corrected chi connectivity index (χ4v) is 1.76. The molecule has 3 N–H and O–H groups in total. The van der Waals surface area contributed by atoms with E-state index < -0.39 is 0 Å². The molecule has 1 heterocycles. The van der Waals surface area contributed by atoms with E-state index in [-0.39, 0.29) is 0 Å². The van der Waals surface area contributed by atoms with Gasteiger partial charge < -0.3 is 10.7 Å². The Hall–Kier alpha value is -1.54. The molecule has 0 radical (unpaired) electrons. The first-order valence-corrected chi connectivity index (χ1v) is 5.28. The third-order valence-electron chi connectivity index (χ3n) is 2.48. The number of hydrogen-bond acceptors (Lipinski definition) is 1. The summed E-state index contributed by atoms with van der Waals surface area (Å²) in [5.41, 5.74) is 9.45. The highest BCUT2D eigenvalue weighted by Gasteiger charge is 1.98. The third-order valence-corrected chi connectivity index (χ3v) is 2.48. The van der Waals surface area contributed by atoms with Crippen molar-refractivity contribution in [1.82, 2.24) is 4.98 Å². The molecule has 15 heavy (non-hydrogen) atoms. The van der Waals surface area contributed by atoms with Crippen molar-refractivity contribution in [3.8, 4) is 0 Å². The van der Waals surface area contributed by atoms with Gasteiger partial charge in [0, 0.05) is 18.3 Å². The standard InChI is InChI=1S/C13H16N2/c14-7-6-11-3-1-4-12(9-11)10-13-5-2-8-15-13/h1-5,8-9,15H,6-7,10,14H2. The molecule has 0 fully saturated rings. The summed E-state index contributed by atoms with van der Waals surface area (Å²) in [6.07, 6.45) is 3.88. The fraction of sp³-hybridized carbons (Fsp3) is 0.231. The van der Waals surface area contributed by atoms with Crippen molar-refractivity contribution >= 4 is 0 Å². The maximum absolute atomic E-state index is 5.54. The van der Waals surface area contributed by atoms with Gasteiger partial charge in [-0.15, -0.1) is 0 Å². The maximum Gasteiger partial charge on any atom is 0.0191 e. The Kier molecular flexibility index (Phi) is 3.20. The molecule has 0 aliphatic carbocycles. The summed E-state index contributed by atoms with van der Waals surface area (Å²) < 4.78 is 0. The Morgan fingerprint density at radius 3 is 2.67 bits per heavy atom. The smallest absolute Gasteiger partial charge is 0.0191 e. The van der Waals surface area contributed by atoms with Gasteiger partial charge in [-0.2, -0.15) is 0 Å². The summed E-state index contributed by atoms with van der Waals surface area (Å²) in [6, 6.07) is 12.7. The number of aromatic nitrogens is 1. The van der Waals surface area contributed by atoms with E-state index in [1.165, 1.54) is 16.8 Å². The SMILES string of the molecule is NCCc1cccc(Cc2ccc[nH]2)c1. The fourth-order valence-electron chi connectivity index (χ4n) is 1.76. The first kappa shape index (κ1) is 9.99. The van der Waals surface area contributed by atoms with E-state index in [0.717, 1.165) is 12.8 Å². The van der Waals surface area contributed by atoms with Gasteiger partial charge in [0.1, 0.15) is 0 Å². The minimum Gasteiger partial charge on any atom is -0.365 e. The van der Waals surface area contributed by atoms with Gasteiger partial charge in [0.25, 0.3) is 0 Å². The highest BCUT2D eigenvalue weighted by molar-refractivity contribution is 5.27. The summed E-state index contributed by atoms with van der Waals surface area (Å²) in [6.45, 7) is 0.714. The van der Waals surface area contributed by atoms with Crippen molar-refractivity contribution in [2.24, 2.45) is 5.73 Å². The van der Waals surface area contributed by atoms with Gasteiger partial charge in [0.2, 0.25) is 0 Å². The van der Waals surface area contributed by atoms with Gasteiger partial charge in [0.05, 0.1) is 0 Å². The monoisotopic (exact) mass is 200 g/mol. The van der Waals surface area contributed by atoms with Crippen molar-refractivity contribution in [3.63, 3.8) is 0 Å². The van der Waals surface area contributed by atoms with Crippen LogP contribution in [0.4, 0.5) is 0 Å². The minimum absolute atomic E-state index is 0.714. The van der Waals surface area contributed by atoms with Crippen LogP contribution in [-0.2, 0) is 12.8 Å². The number of H-pyrrole nitrogens is 1. The molecule has 2 aromatic rings. The first-order valence-electron chi connectivity index (χ1n) is 5.28. The Balaban J connectivity index is 2.11. The molecule has 2 heteroatoms. The Morgan fingerprint density at radius 2 is 1.93 bits per heavy atom. The first-order chi connectivity index (χ1) is 7.38. The van der Waals surface area contributed by atoms with E-state index >= 15 is 0 Å². The lowest BCUT2D eigenvalue weighted by Crippen LogP contribution is -2.03. The summed E-state index contributed by atoms with van der Waals surface area (Å²) >= 11 is 0. The maximum atomic E-state index is 5.54. The van der Waals surface area contributed by atoms with Crippen LogP contribution in [-0.4, -0.2) is 11.5 Å². The zero-order valence-electron chi connectivity index (χ0n) is 8.74. The van der Waals surface area contributed by atoms with Crippen LogP contribution >= 0.6 is 0 Å². The molecule has 0 bridgehead atoms. The molecular formula is C13H16N2. The molecule has 0 aliphatic heterocycles. The number of nitrogens with two attached hydrogens (primary N) is 1. The summed E-state index contributed by atoms with van der Waals surface area (Å²) in [5, 5.41) is 0. The van der Waals surface area contributed by atoms with Crippen LogP contribution < -0.4 is 5.73 Å². The molecule has 0 unspecified atom stereocenters. The molecule has 1 aromatic heterocycles. The van der Waals surface area contributed by atoms with Crippen LogP contribution in [0.25, 0.3) is 0 Å². The van der Waals surface area contributed by atoms with E-state index in [2.05, 4.69) is 35.3 Å². The number of rotatable bonds is 4. The molecule has 0 amide bonds. The van der Waals surface area contributed by atoms with E-state index in [4.69, 9.17) is 5.73 Å². The van der Waals surface area contributed by atoms with Crippen LogP contribution in [0, 0.1) is 0 Å². The van der Waals surface area contributed by atoms with Gasteiger partial charge >= 0.3 is 0 Å². The second-order valence-corrected chi connectivity index (χ2v) is 3.73. The van der Waals surface area contributed by atoms with Crippen molar-refractivity contribution in [3.05, 3.63) is 59.4 Å². The van der Waals surface area contributed by atoms with Crippen molar-refractivity contribution in [2.75, 3.05) is 6.54 Å². The van der Waals surface area contributed by atoms with Crippen molar-refractivity contribution in [1.29, 1.82) is 0 Å². The van der Waals surface area contributed by atoms with E-state index in [0.29, 0.717) is 6.54 Å². The van der Waals surface area contributed by atoms with Crippen molar-refractivity contribution < 1.29 is 0 Å². The summed E-state index contributed by atoms with van der Waals surface area (Å²) in [5.74, 6) is 0. The molecule has 78 valence electrons. The second kappa shape index (κ2) is 4.80. The largest absolute Gasteiger partial charge is 0.365 e. The van der Waals surface area contributed by atoms with Gasteiger partial charge in [-0.05, 0) is 36.2 Å². The van der Waals surface area contributed by atoms with Crippen LogP contribution in [0.2, 0.25) is 0 Å². The Labute approximate surface area is 90.1 Å². The Bertz CT molecular complexity index is 404. The molecule has 0 aliphatic rings. The molecule has 0 atom stereocenters. The molecular weight excluding hydrogens is 184 g/mol. The lowest BCUT2D eigenvalue weighted by Gasteiger charge is -2.03. The molecule has 2 nitrogen and oxygen atoms in total. The second-order valence-electron chi connectivity index (χ2n) is 3.73. The van der Waals surface area contributed by atoms with E-state index in [1.807, 2.05) is 12.3 Å². The molecule has 0 saturated carbocycles. The zero-order chi connectivity index (χ0) is 10.5. The minimum atomic E-state index is 0.714. The van der Waals surface area contributed by atoms with Crippen molar-refractivity contribution in [2.45, 2.75) is 12.8 Å². The molecule has 0 saturated heterocycles. The third kappa shape index (κ3) is 2.70. The van der Waals surface area contributed by atoms with Gasteiger partial charge in [-0.1, -0.05) is 24.3 Å². The van der Waals surface area contributed by atoms with Crippen LogP contribution in [0.1, 0.15) is 16.8 Å². The Morgan fingerprint density at radius 1 is 1.07 bits per heavy atom. The normalized spacial score (nSPS) is 10.5. The molecule has 2 rings (SSSR count). The quantitative estimate of drug-likeness (QED) is 0.779. The van der Waals surface area contributed by atoms with Crippen LogP contribution in [0.5, 0.6) is 0 Å². The van der Waals surface area contributed by atoms with Crippen LogP contribution in [0.3, 0.4) is 0 Å². The highest BCUT2D eigenvalue weighted by Crippen LogP contribution is 2.10. The predicted molar refractivity (Wildman–Crippen MR) is 62.8 cm³/mol. The lowest BCUT2D eigenvalue weighted by atomic mass is 10.0. The molecule has 1 aromatic carbocycles.